The number of thioether (sulfide) groups is 1. The zero-order chi connectivity index (χ0) is 42.6. The van der Waals surface area contributed by atoms with Crippen molar-refractivity contribution in [2.75, 3.05) is 0 Å². The molecule has 2 saturated heterocycles. The van der Waals surface area contributed by atoms with Crippen LogP contribution in [0.2, 0.25) is 0 Å². The number of hydrogen-bond acceptors (Lipinski definition) is 4. The van der Waals surface area contributed by atoms with Gasteiger partial charge in [0.25, 0.3) is 0 Å². The Morgan fingerprint density at radius 3 is 2.09 bits per heavy atom. The first-order chi connectivity index (χ1) is 32.2. The number of allylic oxidation sites excluding steroid dienone is 7. The Balaban J connectivity index is 0.776. The van der Waals surface area contributed by atoms with Crippen LogP contribution in [0.1, 0.15) is 186 Å². The van der Waals surface area contributed by atoms with Crippen LogP contribution in [0.4, 0.5) is 0 Å². The van der Waals surface area contributed by atoms with Crippen LogP contribution in [0.25, 0.3) is 0 Å². The smallest absolute Gasteiger partial charge is 0.0612 e. The molecule has 0 radical (unpaired) electrons. The van der Waals surface area contributed by atoms with Crippen LogP contribution >= 0.6 is 11.8 Å². The molecule has 65 heavy (non-hydrogen) atoms. The van der Waals surface area contributed by atoms with Crippen LogP contribution in [0.3, 0.4) is 0 Å². The quantitative estimate of drug-likeness (QED) is 0.269. The summed E-state index contributed by atoms with van der Waals surface area (Å²) < 4.78 is 6.79. The van der Waals surface area contributed by atoms with Gasteiger partial charge in [0.15, 0.2) is 0 Å². The maximum atomic E-state index is 6.79. The molecular weight excluding hydrogens is 809 g/mol. The number of nitrogens with one attached hydrogen (secondary N) is 1. The van der Waals surface area contributed by atoms with Gasteiger partial charge in [-0.1, -0.05) is 93.6 Å². The summed E-state index contributed by atoms with van der Waals surface area (Å²) in [6.07, 6.45) is 65.5. The molecule has 4 heteroatoms. The molecule has 12 aliphatic carbocycles. The third-order valence-corrected chi connectivity index (χ3v) is 26.0. The fraction of sp³-hybridized carbons (Fsp3) is 0.869. The highest BCUT2D eigenvalue weighted by Gasteiger charge is 2.72. The number of hydrogen-bond donors (Lipinski definition) is 1. The first-order valence-corrected chi connectivity index (χ1v) is 30.7. The molecule has 0 aromatic heterocycles. The van der Waals surface area contributed by atoms with Gasteiger partial charge in [0.1, 0.15) is 0 Å². The fourth-order valence-corrected chi connectivity index (χ4v) is 24.3. The largest absolute Gasteiger partial charge is 0.374 e. The number of ether oxygens (including phenoxy) is 1. The molecular formula is C61H90N2OS. The lowest BCUT2D eigenvalue weighted by atomic mass is 9.53. The molecule has 14 aliphatic rings. The van der Waals surface area contributed by atoms with Gasteiger partial charge in [0.2, 0.25) is 0 Å². The van der Waals surface area contributed by atoms with Crippen molar-refractivity contribution in [2.45, 2.75) is 239 Å². The summed E-state index contributed by atoms with van der Waals surface area (Å²) in [6.45, 7) is 0. The second kappa shape index (κ2) is 17.8. The Hall–Kier alpha value is -0.810. The lowest BCUT2D eigenvalue weighted by Gasteiger charge is -2.55. The molecule has 8 saturated carbocycles. The minimum absolute atomic E-state index is 0.492. The molecule has 14 rings (SSSR count). The van der Waals surface area contributed by atoms with E-state index in [0.717, 1.165) is 111 Å². The van der Waals surface area contributed by atoms with Gasteiger partial charge < -0.3 is 10.1 Å². The SMILES string of the molecule is C1=CC(NC2CCC3OC4CCCCC4C3C2)C(C2CC=CC3C2C2C=CCCC2C32C3CCC=CC3C3CCC(N(C4CCCCC4)C4CCC5SC6CCCCC6C5C4)CC32)CC1. The highest BCUT2D eigenvalue weighted by Crippen LogP contribution is 2.77. The molecule has 2 aliphatic heterocycles. The van der Waals surface area contributed by atoms with Crippen molar-refractivity contribution >= 4 is 11.8 Å². The second-order valence-electron chi connectivity index (χ2n) is 26.3. The molecule has 10 fully saturated rings. The van der Waals surface area contributed by atoms with Crippen LogP contribution in [-0.4, -0.2) is 57.8 Å². The van der Waals surface area contributed by atoms with Crippen LogP contribution in [0.5, 0.6) is 0 Å². The summed E-state index contributed by atoms with van der Waals surface area (Å²) >= 11 is 2.50. The van der Waals surface area contributed by atoms with E-state index in [1.54, 1.807) is 19.3 Å². The monoisotopic (exact) mass is 899 g/mol. The van der Waals surface area contributed by atoms with Crippen LogP contribution in [0, 0.1) is 88.3 Å². The van der Waals surface area contributed by atoms with Crippen molar-refractivity contribution in [1.29, 1.82) is 0 Å². The van der Waals surface area contributed by atoms with E-state index in [4.69, 9.17) is 4.74 Å². The van der Waals surface area contributed by atoms with Crippen molar-refractivity contribution in [3.63, 3.8) is 0 Å². The second-order valence-corrected chi connectivity index (χ2v) is 27.8. The first-order valence-electron chi connectivity index (χ1n) is 29.7. The minimum atomic E-state index is 0.492. The Labute approximate surface area is 400 Å². The van der Waals surface area contributed by atoms with Crippen molar-refractivity contribution in [1.82, 2.24) is 10.2 Å². The lowest BCUT2D eigenvalue weighted by molar-refractivity contribution is -0.0506. The summed E-state index contributed by atoms with van der Waals surface area (Å²) in [5.74, 6) is 12.2. The van der Waals surface area contributed by atoms with E-state index < -0.39 is 0 Å². The van der Waals surface area contributed by atoms with E-state index in [0.29, 0.717) is 29.7 Å². The standard InChI is InChI=1S/C61H90N2OS/c1-2-15-39(16-3-1)63(40-31-34-59-50(36-40)46-20-8-13-28-58(46)65-59)41-30-32-43-42-17-4-9-23-51(42)61(54(43)37-41)52-24-10-5-21-48(52)60-47(22-14-25-53(60)61)44-18-6-11-26-55(44)62-38-29-33-57-49(35-38)45-19-7-12-27-56(45)64-57/h4-5,11,14,17,21,25-26,38-60,62H,1-3,6-10,12-13,15-16,18-20,22-24,27-37H2. The van der Waals surface area contributed by atoms with E-state index in [1.165, 1.54) is 167 Å². The van der Waals surface area contributed by atoms with Gasteiger partial charge in [-0.05, 0) is 230 Å². The van der Waals surface area contributed by atoms with E-state index >= 15 is 0 Å². The van der Waals surface area contributed by atoms with Crippen LogP contribution in [0.15, 0.2) is 48.6 Å². The van der Waals surface area contributed by atoms with Gasteiger partial charge >= 0.3 is 0 Å². The van der Waals surface area contributed by atoms with Crippen molar-refractivity contribution < 1.29 is 4.74 Å². The predicted octanol–water partition coefficient (Wildman–Crippen LogP) is 14.3. The van der Waals surface area contributed by atoms with Gasteiger partial charge in [0, 0.05) is 40.7 Å². The minimum Gasteiger partial charge on any atom is -0.374 e. The average molecular weight is 899 g/mol. The Morgan fingerprint density at radius 2 is 1.18 bits per heavy atom. The molecule has 0 amide bonds. The highest BCUT2D eigenvalue weighted by molar-refractivity contribution is 8.00. The molecule has 3 nitrogen and oxygen atoms in total. The summed E-state index contributed by atoms with van der Waals surface area (Å²) in [4.78, 5) is 3.44. The van der Waals surface area contributed by atoms with Crippen molar-refractivity contribution in [3.05, 3.63) is 48.6 Å². The lowest BCUT2D eigenvalue weighted by Crippen LogP contribution is -2.56. The molecule has 0 aromatic carbocycles. The highest BCUT2D eigenvalue weighted by atomic mass is 32.2. The van der Waals surface area contributed by atoms with E-state index in [2.05, 4.69) is 70.6 Å². The van der Waals surface area contributed by atoms with Gasteiger partial charge in [-0.3, -0.25) is 4.90 Å². The molecule has 2 heterocycles. The van der Waals surface area contributed by atoms with E-state index in [9.17, 15) is 0 Å². The van der Waals surface area contributed by atoms with Crippen molar-refractivity contribution in [3.8, 4) is 0 Å². The average Bonchev–Trinajstić information content (AvgIpc) is 4.10. The predicted molar refractivity (Wildman–Crippen MR) is 269 cm³/mol. The third-order valence-electron chi connectivity index (χ3n) is 24.1. The molecule has 23 unspecified atom stereocenters. The van der Waals surface area contributed by atoms with E-state index in [-0.39, 0.29) is 0 Å². The Kier molecular flexibility index (Phi) is 11.8. The number of nitrogens with zero attached hydrogens (tertiary/aromatic N) is 1. The molecule has 1 spiro atoms. The summed E-state index contributed by atoms with van der Waals surface area (Å²) in [6, 6.07) is 3.79. The topological polar surface area (TPSA) is 24.5 Å². The molecule has 1 N–H and O–H groups in total. The zero-order valence-corrected chi connectivity index (χ0v) is 41.5. The summed E-state index contributed by atoms with van der Waals surface area (Å²) in [5, 5.41) is 6.52. The molecule has 23 atom stereocenters. The van der Waals surface area contributed by atoms with Gasteiger partial charge in [-0.2, -0.15) is 11.8 Å². The number of rotatable bonds is 6. The summed E-state index contributed by atoms with van der Waals surface area (Å²) in [7, 11) is 0. The maximum Gasteiger partial charge on any atom is 0.0612 e. The van der Waals surface area contributed by atoms with Crippen LogP contribution < -0.4 is 5.32 Å². The van der Waals surface area contributed by atoms with Crippen molar-refractivity contribution in [2.24, 2.45) is 88.3 Å². The van der Waals surface area contributed by atoms with Gasteiger partial charge in [-0.15, -0.1) is 0 Å². The number of fused-ring (bicyclic) bond motifs is 16. The first kappa shape index (κ1) is 43.0. The Bertz CT molecular complexity index is 1830. The van der Waals surface area contributed by atoms with E-state index in [1.807, 2.05) is 0 Å². The normalized spacial score (nSPS) is 54.4. The van der Waals surface area contributed by atoms with Gasteiger partial charge in [-0.25, -0.2) is 0 Å². The molecule has 356 valence electrons. The van der Waals surface area contributed by atoms with Crippen LogP contribution in [-0.2, 0) is 4.74 Å². The third kappa shape index (κ3) is 7.05. The molecule has 0 aromatic rings. The zero-order valence-electron chi connectivity index (χ0n) is 40.7. The fourth-order valence-electron chi connectivity index (χ4n) is 22.2. The maximum absolute atomic E-state index is 6.79. The Morgan fingerprint density at radius 1 is 0.462 bits per heavy atom. The van der Waals surface area contributed by atoms with Gasteiger partial charge in [0.05, 0.1) is 12.2 Å². The molecule has 0 bridgehead atoms. The summed E-state index contributed by atoms with van der Waals surface area (Å²) in [5.41, 5.74) is 0.492.